The van der Waals surface area contributed by atoms with Gasteiger partial charge in [-0.25, -0.2) is 19.2 Å². The smallest absolute Gasteiger partial charge is 0.407 e. The lowest BCUT2D eigenvalue weighted by molar-refractivity contribution is 0.0979. The van der Waals surface area contributed by atoms with E-state index in [9.17, 15) is 14.3 Å². The van der Waals surface area contributed by atoms with Gasteiger partial charge >= 0.3 is 6.09 Å². The van der Waals surface area contributed by atoms with Gasteiger partial charge in [0.15, 0.2) is 5.84 Å². The number of carbonyl (C=O) groups is 1. The number of amides is 1. The van der Waals surface area contributed by atoms with Crippen LogP contribution in [0, 0.1) is 18.7 Å². The van der Waals surface area contributed by atoms with Crippen LogP contribution in [0.4, 0.5) is 14.9 Å². The van der Waals surface area contributed by atoms with E-state index < -0.39 is 11.9 Å². The van der Waals surface area contributed by atoms with Gasteiger partial charge in [-0.2, -0.15) is 0 Å². The summed E-state index contributed by atoms with van der Waals surface area (Å²) in [6, 6.07) is 11.6. The fourth-order valence-corrected chi connectivity index (χ4v) is 3.70. The average Bonchev–Trinajstić information content (AvgIpc) is 3.27. The molecular weight excluding hydrogens is 439 g/mol. The Hall–Kier alpha value is -3.46. The van der Waals surface area contributed by atoms with Crippen molar-refractivity contribution in [1.29, 1.82) is 0 Å². The van der Waals surface area contributed by atoms with E-state index >= 15 is 0 Å². The molecule has 3 rings (SSSR count). The number of ether oxygens (including phenoxy) is 2. The number of carbonyl (C=O) groups excluding carboxylic acids is 1. The van der Waals surface area contributed by atoms with E-state index in [4.69, 9.17) is 9.47 Å². The van der Waals surface area contributed by atoms with Crippen molar-refractivity contribution in [3.05, 3.63) is 59.4 Å². The van der Waals surface area contributed by atoms with E-state index in [1.165, 1.54) is 18.2 Å². The van der Waals surface area contributed by atoms with Crippen LogP contribution in [0.15, 0.2) is 52.4 Å². The van der Waals surface area contributed by atoms with Gasteiger partial charge in [0.25, 0.3) is 0 Å². The number of benzene rings is 2. The SMILES string of the molecule is COCCOC(=O)NC[C@@H]1CCN(C(C)=NC(=Nc2cccc(C)c2)c2c(O)cccc2F)C1. The van der Waals surface area contributed by atoms with Gasteiger partial charge in [0.2, 0.25) is 0 Å². The number of phenolic OH excluding ortho intramolecular Hbond substituents is 1. The maximum Gasteiger partial charge on any atom is 0.407 e. The first kappa shape index (κ1) is 25.2. The highest BCUT2D eigenvalue weighted by Crippen LogP contribution is 2.25. The van der Waals surface area contributed by atoms with Crippen molar-refractivity contribution >= 4 is 23.5 Å². The normalized spacial score (nSPS) is 16.6. The molecule has 2 N–H and O–H groups in total. The Bertz CT molecular complexity index is 1040. The van der Waals surface area contributed by atoms with Crippen LogP contribution in [0.1, 0.15) is 24.5 Å². The molecule has 8 nitrogen and oxygen atoms in total. The molecule has 1 saturated heterocycles. The van der Waals surface area contributed by atoms with Crippen LogP contribution >= 0.6 is 0 Å². The number of rotatable bonds is 7. The summed E-state index contributed by atoms with van der Waals surface area (Å²) in [7, 11) is 1.54. The van der Waals surface area contributed by atoms with Crippen LogP contribution in [-0.2, 0) is 9.47 Å². The lowest BCUT2D eigenvalue weighted by Crippen LogP contribution is -2.33. The zero-order valence-electron chi connectivity index (χ0n) is 19.8. The van der Waals surface area contributed by atoms with Crippen molar-refractivity contribution in [3.63, 3.8) is 0 Å². The maximum atomic E-state index is 14.7. The number of hydrogen-bond acceptors (Lipinski definition) is 5. The summed E-state index contributed by atoms with van der Waals surface area (Å²) in [6.07, 6.45) is 0.393. The summed E-state index contributed by atoms with van der Waals surface area (Å²) in [4.78, 5) is 23.0. The maximum absolute atomic E-state index is 14.7. The van der Waals surface area contributed by atoms with E-state index in [2.05, 4.69) is 20.2 Å². The van der Waals surface area contributed by atoms with Crippen LogP contribution in [0.2, 0.25) is 0 Å². The lowest BCUT2D eigenvalue weighted by Gasteiger charge is -2.19. The molecule has 2 aromatic carbocycles. The second-order valence-corrected chi connectivity index (χ2v) is 8.18. The van der Waals surface area contributed by atoms with Gasteiger partial charge in [-0.1, -0.05) is 18.2 Å². The van der Waals surface area contributed by atoms with Gasteiger partial charge in [0, 0.05) is 26.7 Å². The molecule has 2 aromatic rings. The summed E-state index contributed by atoms with van der Waals surface area (Å²) in [5.41, 5.74) is 1.58. The van der Waals surface area contributed by atoms with Gasteiger partial charge in [0.1, 0.15) is 24.0 Å². The van der Waals surface area contributed by atoms with Crippen LogP contribution < -0.4 is 5.32 Å². The molecule has 0 unspecified atom stereocenters. The molecular formula is C25H31FN4O4. The van der Waals surface area contributed by atoms with Gasteiger partial charge in [0.05, 0.1) is 17.9 Å². The molecule has 0 aliphatic carbocycles. The molecule has 0 radical (unpaired) electrons. The zero-order valence-corrected chi connectivity index (χ0v) is 19.8. The third kappa shape index (κ3) is 7.02. The summed E-state index contributed by atoms with van der Waals surface area (Å²) in [6.45, 7) is 6.23. The number of nitrogens with zero attached hydrogens (tertiary/aromatic N) is 3. The molecule has 9 heteroatoms. The molecule has 1 amide bonds. The third-order valence-electron chi connectivity index (χ3n) is 5.52. The summed E-state index contributed by atoms with van der Waals surface area (Å²) < 4.78 is 24.6. The molecule has 0 aromatic heterocycles. The minimum Gasteiger partial charge on any atom is -0.507 e. The van der Waals surface area contributed by atoms with Gasteiger partial charge in [-0.05, 0) is 56.0 Å². The average molecular weight is 471 g/mol. The topological polar surface area (TPSA) is 95.8 Å². The number of likely N-dealkylation sites (tertiary alicyclic amines) is 1. The van der Waals surface area contributed by atoms with Gasteiger partial charge < -0.3 is 24.8 Å². The molecule has 0 bridgehead atoms. The number of aromatic hydroxyl groups is 1. The van der Waals surface area contributed by atoms with Crippen LogP contribution in [-0.4, -0.2) is 67.7 Å². The summed E-state index contributed by atoms with van der Waals surface area (Å²) in [5.74, 6) is 0.150. The first-order valence-corrected chi connectivity index (χ1v) is 11.2. The minimum atomic E-state index is -0.599. The number of aryl methyl sites for hydroxylation is 1. The highest BCUT2D eigenvalue weighted by Gasteiger charge is 2.25. The van der Waals surface area contributed by atoms with Crippen molar-refractivity contribution in [1.82, 2.24) is 10.2 Å². The fourth-order valence-electron chi connectivity index (χ4n) is 3.70. The Morgan fingerprint density at radius 1 is 1.26 bits per heavy atom. The Morgan fingerprint density at radius 3 is 2.79 bits per heavy atom. The van der Waals surface area contributed by atoms with Crippen molar-refractivity contribution in [3.8, 4) is 5.75 Å². The quantitative estimate of drug-likeness (QED) is 0.362. The number of nitrogens with one attached hydrogen (secondary N) is 1. The predicted octanol–water partition coefficient (Wildman–Crippen LogP) is 4.03. The number of methoxy groups -OCH3 is 1. The number of hydrogen-bond donors (Lipinski definition) is 2. The molecule has 1 fully saturated rings. The van der Waals surface area contributed by atoms with E-state index in [0.717, 1.165) is 18.5 Å². The monoisotopic (exact) mass is 470 g/mol. The third-order valence-corrected chi connectivity index (χ3v) is 5.52. The second kappa shape index (κ2) is 12.1. The predicted molar refractivity (Wildman–Crippen MR) is 129 cm³/mol. The van der Waals surface area contributed by atoms with Crippen molar-refractivity contribution < 1.29 is 23.8 Å². The largest absolute Gasteiger partial charge is 0.507 e. The highest BCUT2D eigenvalue weighted by atomic mass is 19.1. The van der Waals surface area contributed by atoms with Crippen LogP contribution in [0.25, 0.3) is 0 Å². The molecule has 1 atom stereocenters. The van der Waals surface area contributed by atoms with Crippen molar-refractivity contribution in [2.45, 2.75) is 20.3 Å². The van der Waals surface area contributed by atoms with E-state index in [1.807, 2.05) is 32.0 Å². The molecule has 0 saturated carbocycles. The van der Waals surface area contributed by atoms with Crippen molar-refractivity contribution in [2.75, 3.05) is 40.0 Å². The fraction of sp³-hybridized carbons (Fsp3) is 0.400. The van der Waals surface area contributed by atoms with E-state index in [0.29, 0.717) is 31.2 Å². The Balaban J connectivity index is 1.75. The number of aliphatic imine (C=N–C) groups is 2. The Morgan fingerprint density at radius 2 is 2.06 bits per heavy atom. The first-order valence-electron chi connectivity index (χ1n) is 11.2. The van der Waals surface area contributed by atoms with Gasteiger partial charge in [-0.3, -0.25) is 0 Å². The summed E-state index contributed by atoms with van der Waals surface area (Å²) >= 11 is 0. The van der Waals surface area contributed by atoms with Gasteiger partial charge in [-0.15, -0.1) is 0 Å². The highest BCUT2D eigenvalue weighted by molar-refractivity contribution is 6.08. The first-order chi connectivity index (χ1) is 16.4. The molecule has 0 spiro atoms. The Labute approximate surface area is 199 Å². The molecule has 34 heavy (non-hydrogen) atoms. The number of phenols is 1. The number of amidine groups is 2. The standard InChI is InChI=1S/C25H31FN4O4/c1-17-6-4-7-20(14-17)29-24(23-21(26)8-5-9-22(23)31)28-18(2)30-11-10-19(16-30)15-27-25(32)34-13-12-33-3/h4-9,14,19,31H,10-13,15-16H2,1-3H3,(H,27,32)/t19-/m0/s1. The van der Waals surface area contributed by atoms with E-state index in [1.54, 1.807) is 13.2 Å². The molecule has 1 aliphatic rings. The van der Waals surface area contributed by atoms with Crippen molar-refractivity contribution in [2.24, 2.45) is 15.9 Å². The molecule has 182 valence electrons. The van der Waals surface area contributed by atoms with E-state index in [-0.39, 0.29) is 29.7 Å². The minimum absolute atomic E-state index is 0.0421. The summed E-state index contributed by atoms with van der Waals surface area (Å²) in [5, 5.41) is 13.1. The molecule has 1 heterocycles. The lowest BCUT2D eigenvalue weighted by atomic mass is 10.1. The second-order valence-electron chi connectivity index (χ2n) is 8.18. The zero-order chi connectivity index (χ0) is 24.5. The van der Waals surface area contributed by atoms with Crippen LogP contribution in [0.3, 0.4) is 0 Å². The molecule has 1 aliphatic heterocycles. The number of alkyl carbamates (subject to hydrolysis) is 1. The van der Waals surface area contributed by atoms with Crippen LogP contribution in [0.5, 0.6) is 5.75 Å². The Kier molecular flexibility index (Phi) is 8.98. The number of halogens is 1.